The van der Waals surface area contributed by atoms with Gasteiger partial charge in [-0.25, -0.2) is 0 Å². The molecule has 0 aromatic heterocycles. The van der Waals surface area contributed by atoms with Crippen LogP contribution in [0.15, 0.2) is 78.5 Å². The summed E-state index contributed by atoms with van der Waals surface area (Å²) in [6.45, 7) is 9.32. The summed E-state index contributed by atoms with van der Waals surface area (Å²) < 4.78 is 5.72. The van der Waals surface area contributed by atoms with Crippen LogP contribution in [0.4, 0.5) is 0 Å². The molecule has 0 bridgehead atoms. The van der Waals surface area contributed by atoms with E-state index in [0.29, 0.717) is 12.0 Å². The van der Waals surface area contributed by atoms with Crippen molar-refractivity contribution in [3.63, 3.8) is 0 Å². The Labute approximate surface area is 249 Å². The number of hydrogen-bond donors (Lipinski definition) is 1. The van der Waals surface area contributed by atoms with Crippen molar-refractivity contribution < 1.29 is 9.53 Å². The van der Waals surface area contributed by atoms with Crippen molar-refractivity contribution in [2.45, 2.75) is 84.2 Å². The van der Waals surface area contributed by atoms with E-state index in [4.69, 9.17) is 4.74 Å². The highest BCUT2D eigenvalue weighted by atomic mass is 31.0. The number of nitrogens with zero attached hydrogens (tertiary/aromatic N) is 1. The maximum absolute atomic E-state index is 10.1. The number of rotatable bonds is 11. The largest absolute Gasteiger partial charge is 0.493 e. The second kappa shape index (κ2) is 15.8. The fourth-order valence-electron chi connectivity index (χ4n) is 5.90. The van der Waals surface area contributed by atoms with Crippen molar-refractivity contribution in [1.82, 2.24) is 10.2 Å². The Morgan fingerprint density at radius 2 is 1.80 bits per heavy atom. The van der Waals surface area contributed by atoms with Crippen LogP contribution in [-0.4, -0.2) is 30.5 Å². The van der Waals surface area contributed by atoms with Crippen LogP contribution in [0, 0.1) is 6.92 Å². The lowest BCUT2D eigenvalue weighted by molar-refractivity contribution is -0.110. The van der Waals surface area contributed by atoms with Gasteiger partial charge in [-0.15, -0.1) is 9.24 Å². The van der Waals surface area contributed by atoms with Crippen LogP contribution < -0.4 is 15.4 Å². The van der Waals surface area contributed by atoms with Crippen LogP contribution in [-0.2, 0) is 24.2 Å². The van der Waals surface area contributed by atoms with E-state index in [1.165, 1.54) is 38.8 Å². The normalized spacial score (nSPS) is 16.8. The predicted molar refractivity (Wildman–Crippen MR) is 175 cm³/mol. The van der Waals surface area contributed by atoms with Gasteiger partial charge in [0.2, 0.25) is 6.41 Å². The van der Waals surface area contributed by atoms with Gasteiger partial charge in [-0.1, -0.05) is 93.4 Å². The molecule has 1 N–H and O–H groups in total. The Kier molecular flexibility index (Phi) is 11.9. The first-order chi connectivity index (χ1) is 20.0. The van der Waals surface area contributed by atoms with Crippen molar-refractivity contribution in [2.75, 3.05) is 13.2 Å². The zero-order chi connectivity index (χ0) is 29.0. The van der Waals surface area contributed by atoms with E-state index in [1.807, 2.05) is 0 Å². The SMILES string of the molecule is CCCC(CCC)NC=O.Cc1cc(CN2CC(c3ccc4c(c3)CCO4)C/C2=C\Cc2ccccc2)ccc1P. The highest BCUT2D eigenvalue weighted by molar-refractivity contribution is 7.27. The molecule has 2 aliphatic heterocycles. The molecular weight excluding hydrogens is 523 g/mol. The fourth-order valence-corrected chi connectivity index (χ4v) is 6.08. The molecular formula is C36H47N2O2P. The first-order valence-corrected chi connectivity index (χ1v) is 15.9. The molecule has 41 heavy (non-hydrogen) atoms. The van der Waals surface area contributed by atoms with Gasteiger partial charge < -0.3 is 15.0 Å². The van der Waals surface area contributed by atoms with Crippen molar-refractivity contribution in [2.24, 2.45) is 0 Å². The molecule has 2 atom stereocenters. The standard InChI is InChI=1S/C28H30NOP.C8H17NO/c1-20-15-22(8-12-28(20)31)18-29-19-25(23-9-11-27-24(16-23)13-14-30-27)17-26(29)10-7-21-5-3-2-4-6-21;1-3-5-8(6-4-2)9-7-10/h2-6,8-12,15-16,25H,7,13-14,17-19,31H2,1H3;7-8H,3-6H2,1-2H3,(H,9,10)/b26-10+;. The number of ether oxygens (including phenoxy) is 1. The number of amides is 1. The van der Waals surface area contributed by atoms with Crippen LogP contribution in [0.25, 0.3) is 0 Å². The summed E-state index contributed by atoms with van der Waals surface area (Å²) in [7, 11) is 2.83. The molecule has 5 rings (SSSR count). The Morgan fingerprint density at radius 1 is 1.02 bits per heavy atom. The van der Waals surface area contributed by atoms with E-state index in [-0.39, 0.29) is 0 Å². The maximum Gasteiger partial charge on any atom is 0.207 e. The van der Waals surface area contributed by atoms with E-state index in [2.05, 4.69) is 113 Å². The zero-order valence-electron chi connectivity index (χ0n) is 25.1. The van der Waals surface area contributed by atoms with E-state index < -0.39 is 0 Å². The minimum atomic E-state index is 0.410. The Hall–Kier alpha value is -3.10. The lowest BCUT2D eigenvalue weighted by atomic mass is 9.95. The highest BCUT2D eigenvalue weighted by Gasteiger charge is 2.28. The molecule has 2 aliphatic rings. The fraction of sp³-hybridized carbons (Fsp3) is 0.417. The Morgan fingerprint density at radius 3 is 2.51 bits per heavy atom. The van der Waals surface area contributed by atoms with Crippen LogP contribution in [0.2, 0.25) is 0 Å². The molecule has 4 nitrogen and oxygen atoms in total. The highest BCUT2D eigenvalue weighted by Crippen LogP contribution is 2.38. The predicted octanol–water partition coefficient (Wildman–Crippen LogP) is 7.25. The smallest absolute Gasteiger partial charge is 0.207 e. The number of carbonyl (C=O) groups is 1. The van der Waals surface area contributed by atoms with Gasteiger partial charge in [-0.2, -0.15) is 0 Å². The number of likely N-dealkylation sites (tertiary alicyclic amines) is 1. The van der Waals surface area contributed by atoms with E-state index in [1.54, 1.807) is 0 Å². The molecule has 1 amide bonds. The van der Waals surface area contributed by atoms with Crippen LogP contribution >= 0.6 is 9.24 Å². The van der Waals surface area contributed by atoms with Gasteiger partial charge in [0.05, 0.1) is 6.61 Å². The van der Waals surface area contributed by atoms with Crippen LogP contribution in [0.3, 0.4) is 0 Å². The molecule has 1 fully saturated rings. The lowest BCUT2D eigenvalue weighted by Crippen LogP contribution is -2.27. The summed E-state index contributed by atoms with van der Waals surface area (Å²) in [4.78, 5) is 12.6. The minimum Gasteiger partial charge on any atom is -0.493 e. The second-order valence-corrected chi connectivity index (χ2v) is 12.0. The lowest BCUT2D eigenvalue weighted by Gasteiger charge is -2.21. The second-order valence-electron chi connectivity index (χ2n) is 11.4. The Bertz CT molecular complexity index is 1280. The monoisotopic (exact) mass is 570 g/mol. The Balaban J connectivity index is 0.000000334. The van der Waals surface area contributed by atoms with Crippen molar-refractivity contribution in [1.29, 1.82) is 0 Å². The van der Waals surface area contributed by atoms with Gasteiger partial charge in [-0.3, -0.25) is 4.79 Å². The third-order valence-electron chi connectivity index (χ3n) is 8.19. The summed E-state index contributed by atoms with van der Waals surface area (Å²) >= 11 is 0. The molecule has 0 radical (unpaired) electrons. The van der Waals surface area contributed by atoms with Gasteiger partial charge in [0.1, 0.15) is 5.75 Å². The summed E-state index contributed by atoms with van der Waals surface area (Å²) in [6.07, 6.45) is 10.9. The van der Waals surface area contributed by atoms with Crippen molar-refractivity contribution >= 4 is 21.0 Å². The number of aryl methyl sites for hydroxylation is 1. The molecule has 3 aromatic carbocycles. The molecule has 5 heteroatoms. The number of allylic oxidation sites excluding steroid dienone is 2. The van der Waals surface area contributed by atoms with Crippen LogP contribution in [0.5, 0.6) is 5.75 Å². The molecule has 3 aromatic rings. The van der Waals surface area contributed by atoms with Gasteiger partial charge >= 0.3 is 0 Å². The molecule has 2 heterocycles. The number of carbonyl (C=O) groups excluding carboxylic acids is 1. The molecule has 0 saturated carbocycles. The molecule has 218 valence electrons. The van der Waals surface area contributed by atoms with Crippen molar-refractivity contribution in [3.8, 4) is 5.75 Å². The van der Waals surface area contributed by atoms with Crippen molar-refractivity contribution in [3.05, 3.63) is 106 Å². The first kappa shape index (κ1) is 30.8. The minimum absolute atomic E-state index is 0.410. The average molecular weight is 571 g/mol. The van der Waals surface area contributed by atoms with Gasteiger partial charge in [0.25, 0.3) is 0 Å². The number of fused-ring (bicyclic) bond motifs is 1. The molecule has 1 saturated heterocycles. The van der Waals surface area contributed by atoms with Crippen LogP contribution in [0.1, 0.15) is 79.7 Å². The molecule has 0 aliphatic carbocycles. The summed E-state index contributed by atoms with van der Waals surface area (Å²) in [5.41, 5.74) is 8.39. The third kappa shape index (κ3) is 8.94. The topological polar surface area (TPSA) is 41.6 Å². The quantitative estimate of drug-likeness (QED) is 0.195. The number of benzene rings is 3. The third-order valence-corrected chi connectivity index (χ3v) is 8.84. The molecule has 2 unspecified atom stereocenters. The van der Waals surface area contributed by atoms with E-state index in [9.17, 15) is 4.79 Å². The first-order valence-electron chi connectivity index (χ1n) is 15.3. The summed E-state index contributed by atoms with van der Waals surface area (Å²) in [5.74, 6) is 1.61. The molecule has 0 spiro atoms. The number of nitrogens with one attached hydrogen (secondary N) is 1. The van der Waals surface area contributed by atoms with E-state index >= 15 is 0 Å². The van der Waals surface area contributed by atoms with Gasteiger partial charge in [0, 0.05) is 37.2 Å². The number of hydrogen-bond acceptors (Lipinski definition) is 3. The van der Waals surface area contributed by atoms with Gasteiger partial charge in [-0.05, 0) is 71.8 Å². The van der Waals surface area contributed by atoms with E-state index in [0.717, 1.165) is 76.8 Å². The average Bonchev–Trinajstić information content (AvgIpc) is 3.62. The summed E-state index contributed by atoms with van der Waals surface area (Å²) in [5, 5.41) is 4.08. The zero-order valence-corrected chi connectivity index (χ0v) is 26.2. The van der Waals surface area contributed by atoms with Gasteiger partial charge in [0.15, 0.2) is 0 Å². The maximum atomic E-state index is 10.1. The summed E-state index contributed by atoms with van der Waals surface area (Å²) in [6, 6.07) is 24.8.